The predicted octanol–water partition coefficient (Wildman–Crippen LogP) is 4.93. The van der Waals surface area contributed by atoms with E-state index >= 15 is 0 Å². The zero-order valence-electron chi connectivity index (χ0n) is 12.9. The van der Waals surface area contributed by atoms with Gasteiger partial charge in [0.15, 0.2) is 5.84 Å². The van der Waals surface area contributed by atoms with Crippen LogP contribution in [0.2, 0.25) is 5.02 Å². The highest BCUT2D eigenvalue weighted by molar-refractivity contribution is 9.10. The molecule has 4 nitrogen and oxygen atoms in total. The summed E-state index contributed by atoms with van der Waals surface area (Å²) in [6, 6.07) is 17.3. The lowest BCUT2D eigenvalue weighted by Crippen LogP contribution is -2.19. The summed E-state index contributed by atoms with van der Waals surface area (Å²) in [6.45, 7) is 0. The molecule has 0 aliphatic carbocycles. The molecule has 2 heterocycles. The molecule has 25 heavy (non-hydrogen) atoms. The van der Waals surface area contributed by atoms with Crippen LogP contribution in [0.1, 0.15) is 16.7 Å². The minimum absolute atomic E-state index is 0.637. The van der Waals surface area contributed by atoms with E-state index in [-0.39, 0.29) is 0 Å². The number of aliphatic imine (C=N–C) groups is 1. The van der Waals surface area contributed by atoms with Crippen molar-refractivity contribution in [1.29, 1.82) is 0 Å². The maximum Gasteiger partial charge on any atom is 0.154 e. The number of halogens is 2. The number of pyridine rings is 1. The molecule has 2 aromatic carbocycles. The molecular formula is C19H12BrClN4. The van der Waals surface area contributed by atoms with Gasteiger partial charge in [0.05, 0.1) is 5.69 Å². The standard InChI is InChI=1S/C19H12BrClN4/c20-14-5-3-12(4-6-14)19-23-17-8-7-15(21)10-16(17)18(24-25-19)13-2-1-9-22-11-13/h1-11H,(H,23,25). The monoisotopic (exact) mass is 410 g/mol. The van der Waals surface area contributed by atoms with E-state index in [1.807, 2.05) is 54.6 Å². The number of benzene rings is 2. The Bertz CT molecular complexity index is 982. The van der Waals surface area contributed by atoms with Crippen molar-refractivity contribution in [3.63, 3.8) is 0 Å². The molecule has 0 spiro atoms. The van der Waals surface area contributed by atoms with E-state index in [2.05, 4.69) is 31.4 Å². The molecule has 6 heteroatoms. The lowest BCUT2D eigenvalue weighted by molar-refractivity contribution is 1.03. The third kappa shape index (κ3) is 3.34. The molecule has 1 aromatic heterocycles. The summed E-state index contributed by atoms with van der Waals surface area (Å²) >= 11 is 9.66. The number of fused-ring (bicyclic) bond motifs is 1. The minimum atomic E-state index is 0.637. The van der Waals surface area contributed by atoms with E-state index in [0.29, 0.717) is 10.9 Å². The molecule has 0 unspecified atom stereocenters. The van der Waals surface area contributed by atoms with Gasteiger partial charge >= 0.3 is 0 Å². The first kappa shape index (κ1) is 16.0. The van der Waals surface area contributed by atoms with Crippen LogP contribution in [0, 0.1) is 0 Å². The number of amidine groups is 1. The number of hydrogen-bond acceptors (Lipinski definition) is 4. The van der Waals surface area contributed by atoms with E-state index < -0.39 is 0 Å². The van der Waals surface area contributed by atoms with Crippen molar-refractivity contribution < 1.29 is 0 Å². The normalized spacial score (nSPS) is 13.2. The van der Waals surface area contributed by atoms with Crippen LogP contribution in [0.25, 0.3) is 0 Å². The van der Waals surface area contributed by atoms with E-state index in [9.17, 15) is 0 Å². The fourth-order valence-corrected chi connectivity index (χ4v) is 3.01. The molecule has 1 aliphatic heterocycles. The van der Waals surface area contributed by atoms with Crippen molar-refractivity contribution in [3.8, 4) is 0 Å². The maximum absolute atomic E-state index is 6.21. The molecule has 4 rings (SSSR count). The number of nitrogens with zero attached hydrogens (tertiary/aromatic N) is 3. The average Bonchev–Trinajstić information content (AvgIpc) is 2.82. The number of rotatable bonds is 2. The molecule has 0 saturated carbocycles. The minimum Gasteiger partial charge on any atom is -0.264 e. The first-order chi connectivity index (χ1) is 12.2. The first-order valence-corrected chi connectivity index (χ1v) is 8.76. The predicted molar refractivity (Wildman–Crippen MR) is 105 cm³/mol. The SMILES string of the molecule is Clc1ccc2c(c1)C(c1cccnc1)=NNC(c1ccc(Br)cc1)=N2. The molecule has 0 fully saturated rings. The van der Waals surface area contributed by atoms with Crippen molar-refractivity contribution >= 4 is 44.8 Å². The van der Waals surface area contributed by atoms with Crippen LogP contribution in [0.4, 0.5) is 5.69 Å². The van der Waals surface area contributed by atoms with Crippen molar-refractivity contribution in [3.05, 3.63) is 93.2 Å². The summed E-state index contributed by atoms with van der Waals surface area (Å²) in [5.74, 6) is 0.676. The summed E-state index contributed by atoms with van der Waals surface area (Å²) in [4.78, 5) is 8.94. The highest BCUT2D eigenvalue weighted by Crippen LogP contribution is 2.28. The van der Waals surface area contributed by atoms with Crippen molar-refractivity contribution in [2.24, 2.45) is 10.1 Å². The molecule has 1 N–H and O–H groups in total. The van der Waals surface area contributed by atoms with Crippen LogP contribution in [0.15, 0.2) is 81.6 Å². The van der Waals surface area contributed by atoms with Crippen LogP contribution in [0.3, 0.4) is 0 Å². The molecular weight excluding hydrogens is 400 g/mol. The van der Waals surface area contributed by atoms with Gasteiger partial charge in [-0.2, -0.15) is 5.10 Å². The second kappa shape index (κ2) is 6.78. The Morgan fingerprint density at radius 2 is 1.80 bits per heavy atom. The van der Waals surface area contributed by atoms with Gasteiger partial charge in [-0.25, -0.2) is 4.99 Å². The van der Waals surface area contributed by atoms with Gasteiger partial charge < -0.3 is 0 Å². The zero-order chi connectivity index (χ0) is 17.2. The Labute approximate surface area is 158 Å². The van der Waals surface area contributed by atoms with Crippen molar-refractivity contribution in [2.75, 3.05) is 0 Å². The highest BCUT2D eigenvalue weighted by Gasteiger charge is 2.17. The fourth-order valence-electron chi connectivity index (χ4n) is 2.57. The van der Waals surface area contributed by atoms with E-state index in [1.165, 1.54) is 0 Å². The smallest absolute Gasteiger partial charge is 0.154 e. The molecule has 0 bridgehead atoms. The summed E-state index contributed by atoms with van der Waals surface area (Å²) < 4.78 is 1.01. The second-order valence-electron chi connectivity index (χ2n) is 5.44. The zero-order valence-corrected chi connectivity index (χ0v) is 15.3. The van der Waals surface area contributed by atoms with Crippen LogP contribution < -0.4 is 5.43 Å². The molecule has 1 aliphatic rings. The Kier molecular flexibility index (Phi) is 4.34. The van der Waals surface area contributed by atoms with Gasteiger partial charge in [-0.1, -0.05) is 39.7 Å². The summed E-state index contributed by atoms with van der Waals surface area (Å²) in [5, 5.41) is 5.22. The van der Waals surface area contributed by atoms with Crippen LogP contribution >= 0.6 is 27.5 Å². The Balaban J connectivity index is 1.87. The van der Waals surface area contributed by atoms with E-state index in [1.54, 1.807) is 12.4 Å². The number of hydrogen-bond donors (Lipinski definition) is 1. The third-order valence-corrected chi connectivity index (χ3v) is 4.54. The lowest BCUT2D eigenvalue weighted by atomic mass is 10.0. The van der Waals surface area contributed by atoms with Crippen LogP contribution in [-0.2, 0) is 0 Å². The Morgan fingerprint density at radius 3 is 2.56 bits per heavy atom. The molecule has 0 amide bonds. The Hall–Kier alpha value is -2.50. The summed E-state index contributed by atoms with van der Waals surface area (Å²) in [5.41, 5.74) is 7.34. The topological polar surface area (TPSA) is 49.6 Å². The van der Waals surface area contributed by atoms with Gasteiger partial charge in [0.1, 0.15) is 5.71 Å². The van der Waals surface area contributed by atoms with Gasteiger partial charge in [-0.05, 0) is 42.5 Å². The van der Waals surface area contributed by atoms with E-state index in [0.717, 1.165) is 32.6 Å². The van der Waals surface area contributed by atoms with Crippen LogP contribution in [-0.4, -0.2) is 16.5 Å². The quantitative estimate of drug-likeness (QED) is 0.650. The summed E-state index contributed by atoms with van der Waals surface area (Å²) in [6.07, 6.45) is 3.51. The molecule has 3 aromatic rings. The van der Waals surface area contributed by atoms with Crippen molar-refractivity contribution in [1.82, 2.24) is 10.4 Å². The summed E-state index contributed by atoms with van der Waals surface area (Å²) in [7, 11) is 0. The van der Waals surface area contributed by atoms with E-state index in [4.69, 9.17) is 16.6 Å². The molecule has 122 valence electrons. The molecule has 0 atom stereocenters. The third-order valence-electron chi connectivity index (χ3n) is 3.77. The number of hydrazone groups is 1. The maximum atomic E-state index is 6.21. The van der Waals surface area contributed by atoms with Crippen LogP contribution in [0.5, 0.6) is 0 Å². The number of aromatic nitrogens is 1. The average molecular weight is 412 g/mol. The lowest BCUT2D eigenvalue weighted by Gasteiger charge is -2.07. The molecule has 0 saturated heterocycles. The highest BCUT2D eigenvalue weighted by atomic mass is 79.9. The van der Waals surface area contributed by atoms with Gasteiger partial charge in [0.2, 0.25) is 0 Å². The van der Waals surface area contributed by atoms with Gasteiger partial charge in [-0.3, -0.25) is 10.4 Å². The molecule has 0 radical (unpaired) electrons. The van der Waals surface area contributed by atoms with Gasteiger partial charge in [0, 0.05) is 38.6 Å². The second-order valence-corrected chi connectivity index (χ2v) is 6.79. The number of nitrogens with one attached hydrogen (secondary N) is 1. The van der Waals surface area contributed by atoms with Crippen molar-refractivity contribution in [2.45, 2.75) is 0 Å². The largest absolute Gasteiger partial charge is 0.264 e. The van der Waals surface area contributed by atoms with Gasteiger partial charge in [0.25, 0.3) is 0 Å². The van der Waals surface area contributed by atoms with Gasteiger partial charge in [-0.15, -0.1) is 0 Å². The Morgan fingerprint density at radius 1 is 0.960 bits per heavy atom. The fraction of sp³-hybridized carbons (Fsp3) is 0. The first-order valence-electron chi connectivity index (χ1n) is 7.59.